The molecule has 0 saturated carbocycles. The monoisotopic (exact) mass is 314 g/mol. The Morgan fingerprint density at radius 1 is 1.36 bits per heavy atom. The molecule has 1 aromatic heterocycles. The molecule has 5 nitrogen and oxygen atoms in total. The molecular weight excluding hydrogens is 301 g/mol. The number of rotatable bonds is 4. The highest BCUT2D eigenvalue weighted by Gasteiger charge is 2.37. The van der Waals surface area contributed by atoms with Crippen molar-refractivity contribution in [3.63, 3.8) is 0 Å². The highest BCUT2D eigenvalue weighted by atomic mass is 19.4. The Morgan fingerprint density at radius 2 is 2.05 bits per heavy atom. The number of halogens is 3. The maximum atomic E-state index is 13.0. The van der Waals surface area contributed by atoms with Gasteiger partial charge >= 0.3 is 12.1 Å². The highest BCUT2D eigenvalue weighted by molar-refractivity contribution is 5.67. The van der Waals surface area contributed by atoms with Gasteiger partial charge in [-0.25, -0.2) is 4.68 Å². The number of aliphatic carboxylic acids is 1. The van der Waals surface area contributed by atoms with E-state index in [0.29, 0.717) is 5.56 Å². The van der Waals surface area contributed by atoms with E-state index in [1.807, 2.05) is 0 Å². The largest absolute Gasteiger partial charge is 0.506 e. The first-order valence-electron chi connectivity index (χ1n) is 6.36. The molecule has 0 aliphatic heterocycles. The van der Waals surface area contributed by atoms with Crippen molar-refractivity contribution in [2.75, 3.05) is 0 Å². The summed E-state index contributed by atoms with van der Waals surface area (Å²) < 4.78 is 40.0. The molecule has 0 fully saturated rings. The lowest BCUT2D eigenvalue weighted by molar-refractivity contribution is -0.142. The lowest BCUT2D eigenvalue weighted by Gasteiger charge is -2.08. The summed E-state index contributed by atoms with van der Waals surface area (Å²) in [4.78, 5) is 10.6. The van der Waals surface area contributed by atoms with Gasteiger partial charge in [-0.15, -0.1) is 0 Å². The number of aryl methyl sites for hydroxylation is 2. The third-order valence-electron chi connectivity index (χ3n) is 3.11. The van der Waals surface area contributed by atoms with Crippen LogP contribution in [0.25, 0.3) is 5.69 Å². The van der Waals surface area contributed by atoms with Crippen LogP contribution in [0.3, 0.4) is 0 Å². The number of hydrogen-bond acceptors (Lipinski definition) is 3. The van der Waals surface area contributed by atoms with E-state index < -0.39 is 24.3 Å². The summed E-state index contributed by atoms with van der Waals surface area (Å²) in [5.41, 5.74) is -0.690. The molecule has 2 aromatic rings. The predicted molar refractivity (Wildman–Crippen MR) is 70.9 cm³/mol. The molecule has 118 valence electrons. The maximum Gasteiger partial charge on any atom is 0.435 e. The summed E-state index contributed by atoms with van der Waals surface area (Å²) in [7, 11) is 0. The number of aromatic hydroxyl groups is 1. The number of carboxylic acid groups (broad SMARTS) is 1. The molecular formula is C14H13F3N2O3. The van der Waals surface area contributed by atoms with Gasteiger partial charge in [0, 0.05) is 18.2 Å². The standard InChI is InChI=1S/C14H13F3N2O3/c1-8-3-2-4-10(20)12(8)19-7-9(5-6-11(21)22)13(18-19)14(15,16)17/h2-4,7,20H,5-6H2,1H3,(H,21,22). The number of alkyl halides is 3. The van der Waals surface area contributed by atoms with Crippen molar-refractivity contribution in [2.45, 2.75) is 25.9 Å². The first-order valence-corrected chi connectivity index (χ1v) is 6.36. The molecule has 0 amide bonds. The van der Waals surface area contributed by atoms with Crippen LogP contribution in [0.1, 0.15) is 23.2 Å². The van der Waals surface area contributed by atoms with Gasteiger partial charge in [0.15, 0.2) is 5.69 Å². The Labute approximate surface area is 123 Å². The Kier molecular flexibility index (Phi) is 4.11. The zero-order valence-electron chi connectivity index (χ0n) is 11.6. The van der Waals surface area contributed by atoms with Gasteiger partial charge in [-0.2, -0.15) is 18.3 Å². The van der Waals surface area contributed by atoms with Crippen LogP contribution in [-0.2, 0) is 17.4 Å². The van der Waals surface area contributed by atoms with Crippen LogP contribution >= 0.6 is 0 Å². The third kappa shape index (κ3) is 3.21. The Balaban J connectivity index is 2.52. The van der Waals surface area contributed by atoms with Crippen molar-refractivity contribution >= 4 is 5.97 Å². The molecule has 1 heterocycles. The quantitative estimate of drug-likeness (QED) is 0.910. The fourth-order valence-corrected chi connectivity index (χ4v) is 2.13. The van der Waals surface area contributed by atoms with Crippen molar-refractivity contribution in [3.8, 4) is 11.4 Å². The normalized spacial score (nSPS) is 11.6. The predicted octanol–water partition coefficient (Wildman–Crippen LogP) is 2.92. The van der Waals surface area contributed by atoms with Crippen LogP contribution in [0.15, 0.2) is 24.4 Å². The fraction of sp³-hybridized carbons (Fsp3) is 0.286. The smallest absolute Gasteiger partial charge is 0.435 e. The van der Waals surface area contributed by atoms with Crippen molar-refractivity contribution < 1.29 is 28.2 Å². The summed E-state index contributed by atoms with van der Waals surface area (Å²) in [6.45, 7) is 1.63. The molecule has 0 radical (unpaired) electrons. The molecule has 0 bridgehead atoms. The zero-order valence-corrected chi connectivity index (χ0v) is 11.6. The molecule has 2 N–H and O–H groups in total. The van der Waals surface area contributed by atoms with Gasteiger partial charge in [0.05, 0.1) is 0 Å². The van der Waals surface area contributed by atoms with Gasteiger partial charge < -0.3 is 10.2 Å². The van der Waals surface area contributed by atoms with E-state index >= 15 is 0 Å². The second-order valence-corrected chi connectivity index (χ2v) is 4.78. The van der Waals surface area contributed by atoms with Crippen LogP contribution in [0.5, 0.6) is 5.75 Å². The van der Waals surface area contributed by atoms with Crippen LogP contribution in [0.2, 0.25) is 0 Å². The van der Waals surface area contributed by atoms with E-state index in [2.05, 4.69) is 5.10 Å². The minimum absolute atomic E-state index is 0.134. The average Bonchev–Trinajstić information content (AvgIpc) is 2.80. The average molecular weight is 314 g/mol. The van der Waals surface area contributed by atoms with Gasteiger partial charge in [0.2, 0.25) is 0 Å². The van der Waals surface area contributed by atoms with Crippen LogP contribution < -0.4 is 0 Å². The third-order valence-corrected chi connectivity index (χ3v) is 3.11. The second-order valence-electron chi connectivity index (χ2n) is 4.78. The van der Waals surface area contributed by atoms with Crippen LogP contribution in [-0.4, -0.2) is 26.0 Å². The summed E-state index contributed by atoms with van der Waals surface area (Å²) in [5, 5.41) is 22.0. The SMILES string of the molecule is Cc1cccc(O)c1-n1cc(CCC(=O)O)c(C(F)(F)F)n1. The van der Waals surface area contributed by atoms with Gasteiger partial charge in [-0.1, -0.05) is 12.1 Å². The number of phenols is 1. The molecule has 0 aliphatic rings. The molecule has 22 heavy (non-hydrogen) atoms. The lowest BCUT2D eigenvalue weighted by atomic mass is 10.1. The van der Waals surface area contributed by atoms with E-state index in [1.165, 1.54) is 6.07 Å². The second kappa shape index (κ2) is 5.70. The summed E-state index contributed by atoms with van der Waals surface area (Å²) in [6.07, 6.45) is -4.32. The van der Waals surface area contributed by atoms with Gasteiger partial charge in [0.1, 0.15) is 11.4 Å². The number of para-hydroxylation sites is 1. The van der Waals surface area contributed by atoms with Crippen LogP contribution in [0.4, 0.5) is 13.2 Å². The summed E-state index contributed by atoms with van der Waals surface area (Å²) in [5.74, 6) is -1.40. The number of aromatic nitrogens is 2. The van der Waals surface area contributed by atoms with Crippen LogP contribution in [0, 0.1) is 6.92 Å². The van der Waals surface area contributed by atoms with E-state index in [9.17, 15) is 23.1 Å². The minimum Gasteiger partial charge on any atom is -0.506 e. The van der Waals surface area contributed by atoms with E-state index in [1.54, 1.807) is 19.1 Å². The number of phenolic OH excluding ortho intramolecular Hbond substituents is 1. The Morgan fingerprint density at radius 3 is 2.59 bits per heavy atom. The molecule has 1 aromatic carbocycles. The molecule has 0 unspecified atom stereocenters. The van der Waals surface area contributed by atoms with E-state index in [-0.39, 0.29) is 23.4 Å². The number of carbonyl (C=O) groups is 1. The van der Waals surface area contributed by atoms with Crippen molar-refractivity contribution in [3.05, 3.63) is 41.2 Å². The van der Waals surface area contributed by atoms with E-state index in [4.69, 9.17) is 5.11 Å². The fourth-order valence-electron chi connectivity index (χ4n) is 2.13. The molecule has 0 saturated heterocycles. The van der Waals surface area contributed by atoms with Gasteiger partial charge in [-0.05, 0) is 25.0 Å². The molecule has 0 atom stereocenters. The molecule has 2 rings (SSSR count). The highest BCUT2D eigenvalue weighted by Crippen LogP contribution is 2.33. The Hall–Kier alpha value is -2.51. The van der Waals surface area contributed by atoms with Gasteiger partial charge in [0.25, 0.3) is 0 Å². The van der Waals surface area contributed by atoms with Gasteiger partial charge in [-0.3, -0.25) is 4.79 Å². The molecule has 0 spiro atoms. The summed E-state index contributed by atoms with van der Waals surface area (Å²) >= 11 is 0. The maximum absolute atomic E-state index is 13.0. The van der Waals surface area contributed by atoms with Crippen molar-refractivity contribution in [2.24, 2.45) is 0 Å². The first-order chi connectivity index (χ1) is 10.2. The number of nitrogens with zero attached hydrogens (tertiary/aromatic N) is 2. The molecule has 8 heteroatoms. The first kappa shape index (κ1) is 15.9. The topological polar surface area (TPSA) is 75.4 Å². The number of hydrogen-bond donors (Lipinski definition) is 2. The van der Waals surface area contributed by atoms with Crippen molar-refractivity contribution in [1.29, 1.82) is 0 Å². The zero-order chi connectivity index (χ0) is 16.5. The molecule has 0 aliphatic carbocycles. The lowest BCUT2D eigenvalue weighted by Crippen LogP contribution is -2.10. The number of benzene rings is 1. The Bertz CT molecular complexity index is 688. The van der Waals surface area contributed by atoms with E-state index in [0.717, 1.165) is 10.9 Å². The van der Waals surface area contributed by atoms with Crippen molar-refractivity contribution in [1.82, 2.24) is 9.78 Å². The number of carboxylic acids is 1. The minimum atomic E-state index is -4.70. The summed E-state index contributed by atoms with van der Waals surface area (Å²) in [6, 6.07) is 4.53.